The monoisotopic (exact) mass is 328 g/mol. The molecule has 0 bridgehead atoms. The molecular formula is C16H16N4O4. The van der Waals surface area contributed by atoms with E-state index < -0.39 is 4.92 Å². The lowest BCUT2D eigenvalue weighted by Crippen LogP contribution is -2.25. The van der Waals surface area contributed by atoms with Gasteiger partial charge in [-0.1, -0.05) is 18.2 Å². The number of methoxy groups -OCH3 is 1. The maximum Gasteiger partial charge on any atom is 0.311 e. The number of nitrogens with one attached hydrogen (secondary N) is 2. The largest absolute Gasteiger partial charge is 0.490 e. The molecule has 8 nitrogen and oxygen atoms in total. The summed E-state index contributed by atoms with van der Waals surface area (Å²) in [5.41, 5.74) is 3.47. The zero-order valence-corrected chi connectivity index (χ0v) is 12.9. The summed E-state index contributed by atoms with van der Waals surface area (Å²) in [4.78, 5) is 22.1. The van der Waals surface area contributed by atoms with Crippen molar-refractivity contribution < 1.29 is 14.5 Å². The van der Waals surface area contributed by atoms with Crippen LogP contribution in [0.3, 0.4) is 0 Å². The van der Waals surface area contributed by atoms with Crippen LogP contribution in [0.15, 0.2) is 53.6 Å². The zero-order valence-electron chi connectivity index (χ0n) is 12.9. The number of para-hydroxylation sites is 1. The van der Waals surface area contributed by atoms with Crippen molar-refractivity contribution in [3.05, 3.63) is 64.2 Å². The Hall–Kier alpha value is -3.42. The van der Waals surface area contributed by atoms with Gasteiger partial charge in [-0.05, 0) is 24.3 Å². The first kappa shape index (κ1) is 16.9. The molecule has 0 saturated carbocycles. The second-order valence-electron chi connectivity index (χ2n) is 4.70. The summed E-state index contributed by atoms with van der Waals surface area (Å²) in [6.07, 6.45) is 1.33. The Morgan fingerprint density at radius 1 is 1.29 bits per heavy atom. The number of anilines is 1. The van der Waals surface area contributed by atoms with E-state index in [1.54, 1.807) is 6.07 Å². The van der Waals surface area contributed by atoms with Crippen molar-refractivity contribution in [1.82, 2.24) is 5.43 Å². The second kappa shape index (κ2) is 8.28. The average Bonchev–Trinajstić information content (AvgIpc) is 2.60. The smallest absolute Gasteiger partial charge is 0.311 e. The molecule has 24 heavy (non-hydrogen) atoms. The molecule has 0 aromatic heterocycles. The van der Waals surface area contributed by atoms with Gasteiger partial charge >= 0.3 is 5.69 Å². The normalized spacial score (nSPS) is 10.4. The van der Waals surface area contributed by atoms with E-state index in [4.69, 9.17) is 4.74 Å². The standard InChI is InChI=1S/C16H16N4O4/c1-24-15-8-7-12(9-14(15)20(22)23)10-18-19-16(21)11-17-13-5-3-2-4-6-13/h2-10,17H,11H2,1H3,(H,19,21)/b18-10-. The third-order valence-electron chi connectivity index (χ3n) is 3.03. The Kier molecular flexibility index (Phi) is 5.84. The summed E-state index contributed by atoms with van der Waals surface area (Å²) in [6.45, 7) is 0.0596. The van der Waals surface area contributed by atoms with E-state index in [2.05, 4.69) is 15.8 Å². The second-order valence-corrected chi connectivity index (χ2v) is 4.70. The molecule has 0 aliphatic heterocycles. The van der Waals surface area contributed by atoms with Crippen LogP contribution >= 0.6 is 0 Å². The number of rotatable bonds is 7. The molecule has 2 N–H and O–H groups in total. The van der Waals surface area contributed by atoms with Gasteiger partial charge in [-0.3, -0.25) is 14.9 Å². The number of carbonyl (C=O) groups is 1. The van der Waals surface area contributed by atoms with Gasteiger partial charge in [-0.15, -0.1) is 0 Å². The Labute approximate surface area is 138 Å². The molecule has 2 rings (SSSR count). The SMILES string of the molecule is COc1ccc(/C=N\NC(=O)CNc2ccccc2)cc1[N+](=O)[O-]. The van der Waals surface area contributed by atoms with Gasteiger partial charge in [0.2, 0.25) is 0 Å². The van der Waals surface area contributed by atoms with Crippen LogP contribution in [0.25, 0.3) is 0 Å². The molecule has 2 aromatic carbocycles. The Morgan fingerprint density at radius 2 is 2.04 bits per heavy atom. The number of nitro benzene ring substituents is 1. The number of nitro groups is 1. The van der Waals surface area contributed by atoms with Crippen LogP contribution in [0.2, 0.25) is 0 Å². The van der Waals surface area contributed by atoms with Crippen molar-refractivity contribution >= 4 is 23.5 Å². The van der Waals surface area contributed by atoms with E-state index in [0.29, 0.717) is 5.56 Å². The van der Waals surface area contributed by atoms with Crippen molar-refractivity contribution in [2.24, 2.45) is 5.10 Å². The van der Waals surface area contributed by atoms with Crippen LogP contribution < -0.4 is 15.5 Å². The van der Waals surface area contributed by atoms with Gasteiger partial charge in [0.1, 0.15) is 0 Å². The summed E-state index contributed by atoms with van der Waals surface area (Å²) in [5, 5.41) is 17.7. The van der Waals surface area contributed by atoms with Gasteiger partial charge in [-0.25, -0.2) is 5.43 Å². The first-order valence-electron chi connectivity index (χ1n) is 7.03. The molecule has 0 atom stereocenters. The van der Waals surface area contributed by atoms with Crippen molar-refractivity contribution in [3.63, 3.8) is 0 Å². The fraction of sp³-hybridized carbons (Fsp3) is 0.125. The average molecular weight is 328 g/mol. The van der Waals surface area contributed by atoms with Gasteiger partial charge in [0.05, 0.1) is 24.8 Å². The lowest BCUT2D eigenvalue weighted by molar-refractivity contribution is -0.385. The minimum absolute atomic E-state index is 0.0596. The van der Waals surface area contributed by atoms with E-state index in [-0.39, 0.29) is 23.9 Å². The van der Waals surface area contributed by atoms with Crippen molar-refractivity contribution in [2.75, 3.05) is 19.0 Å². The number of nitrogens with zero attached hydrogens (tertiary/aromatic N) is 2. The molecule has 0 unspecified atom stereocenters. The van der Waals surface area contributed by atoms with Crippen LogP contribution in [-0.2, 0) is 4.79 Å². The van der Waals surface area contributed by atoms with Crippen molar-refractivity contribution in [3.8, 4) is 5.75 Å². The summed E-state index contributed by atoms with van der Waals surface area (Å²) in [6, 6.07) is 13.7. The highest BCUT2D eigenvalue weighted by molar-refractivity contribution is 5.85. The van der Waals surface area contributed by atoms with E-state index in [0.717, 1.165) is 5.69 Å². The third kappa shape index (κ3) is 4.80. The van der Waals surface area contributed by atoms with Gasteiger partial charge in [-0.2, -0.15) is 5.10 Å². The molecule has 8 heteroatoms. The van der Waals surface area contributed by atoms with E-state index in [1.807, 2.05) is 30.3 Å². The predicted octanol–water partition coefficient (Wildman–Crippen LogP) is 2.17. The molecule has 1 amide bonds. The fourth-order valence-corrected chi connectivity index (χ4v) is 1.89. The summed E-state index contributed by atoms with van der Waals surface area (Å²) < 4.78 is 4.91. The summed E-state index contributed by atoms with van der Waals surface area (Å²) in [5.74, 6) is -0.175. The van der Waals surface area contributed by atoms with E-state index in [9.17, 15) is 14.9 Å². The van der Waals surface area contributed by atoms with Gasteiger partial charge < -0.3 is 10.1 Å². The molecule has 0 aliphatic carbocycles. The highest BCUT2D eigenvalue weighted by atomic mass is 16.6. The molecule has 124 valence electrons. The van der Waals surface area contributed by atoms with Crippen LogP contribution in [0, 0.1) is 10.1 Å². The van der Waals surface area contributed by atoms with Gasteiger partial charge in [0.25, 0.3) is 5.91 Å². The zero-order chi connectivity index (χ0) is 17.4. The molecular weight excluding hydrogens is 312 g/mol. The maximum atomic E-state index is 11.7. The molecule has 0 saturated heterocycles. The van der Waals surface area contributed by atoms with Crippen LogP contribution in [0.4, 0.5) is 11.4 Å². The molecule has 0 spiro atoms. The lowest BCUT2D eigenvalue weighted by atomic mass is 10.2. The number of hydrazone groups is 1. The summed E-state index contributed by atoms with van der Waals surface area (Å²) >= 11 is 0. The van der Waals surface area contributed by atoms with Crippen LogP contribution in [0.5, 0.6) is 5.75 Å². The Morgan fingerprint density at radius 3 is 2.71 bits per heavy atom. The number of hydrogen-bond donors (Lipinski definition) is 2. The number of benzene rings is 2. The Bertz CT molecular complexity index is 747. The minimum Gasteiger partial charge on any atom is -0.490 e. The summed E-state index contributed by atoms with van der Waals surface area (Å²) in [7, 11) is 1.36. The van der Waals surface area contributed by atoms with Gasteiger partial charge in [0.15, 0.2) is 5.75 Å². The fourth-order valence-electron chi connectivity index (χ4n) is 1.89. The highest BCUT2D eigenvalue weighted by Gasteiger charge is 2.14. The number of hydrogen-bond acceptors (Lipinski definition) is 6. The molecule has 2 aromatic rings. The Balaban J connectivity index is 1.90. The number of ether oxygens (including phenoxy) is 1. The molecule has 0 aliphatic rings. The third-order valence-corrected chi connectivity index (χ3v) is 3.03. The van der Waals surface area contributed by atoms with Crippen molar-refractivity contribution in [2.45, 2.75) is 0 Å². The van der Waals surface area contributed by atoms with Crippen molar-refractivity contribution in [1.29, 1.82) is 0 Å². The first-order valence-corrected chi connectivity index (χ1v) is 7.03. The molecule has 0 heterocycles. The van der Waals surface area contributed by atoms with E-state index >= 15 is 0 Å². The molecule has 0 fully saturated rings. The number of carbonyl (C=O) groups excluding carboxylic acids is 1. The van der Waals surface area contributed by atoms with Crippen LogP contribution in [-0.4, -0.2) is 30.7 Å². The van der Waals surface area contributed by atoms with Crippen LogP contribution in [0.1, 0.15) is 5.56 Å². The highest BCUT2D eigenvalue weighted by Crippen LogP contribution is 2.26. The lowest BCUT2D eigenvalue weighted by Gasteiger charge is -2.04. The quantitative estimate of drug-likeness (QED) is 0.460. The predicted molar refractivity (Wildman–Crippen MR) is 90.3 cm³/mol. The minimum atomic E-state index is -0.543. The first-order chi connectivity index (χ1) is 11.6. The van der Waals surface area contributed by atoms with Gasteiger partial charge in [0, 0.05) is 17.3 Å². The number of amides is 1. The topological polar surface area (TPSA) is 106 Å². The maximum absolute atomic E-state index is 11.7. The van der Waals surface area contributed by atoms with E-state index in [1.165, 1.54) is 25.5 Å². The molecule has 0 radical (unpaired) electrons.